The first-order valence-corrected chi connectivity index (χ1v) is 4.97. The Labute approximate surface area is 80.1 Å². The molecule has 3 heteroatoms. The molecule has 0 saturated carbocycles. The van der Waals surface area contributed by atoms with Crippen LogP contribution < -0.4 is 0 Å². The first-order valence-electron chi connectivity index (χ1n) is 4.97. The summed E-state index contributed by atoms with van der Waals surface area (Å²) >= 11 is 0. The molecule has 1 aliphatic heterocycles. The van der Waals surface area contributed by atoms with Crippen LogP contribution in [0.25, 0.3) is 0 Å². The summed E-state index contributed by atoms with van der Waals surface area (Å²) in [4.78, 5) is 13.6. The van der Waals surface area contributed by atoms with Gasteiger partial charge in [0.05, 0.1) is 7.11 Å². The van der Waals surface area contributed by atoms with Crippen molar-refractivity contribution in [2.24, 2.45) is 5.92 Å². The van der Waals surface area contributed by atoms with Crippen molar-refractivity contribution in [3.8, 4) is 0 Å². The maximum Gasteiger partial charge on any atom is 0.323 e. The van der Waals surface area contributed by atoms with Crippen molar-refractivity contribution in [3.63, 3.8) is 0 Å². The van der Waals surface area contributed by atoms with Crippen molar-refractivity contribution in [1.82, 2.24) is 4.90 Å². The van der Waals surface area contributed by atoms with E-state index in [-0.39, 0.29) is 12.0 Å². The van der Waals surface area contributed by atoms with Gasteiger partial charge in [0, 0.05) is 6.54 Å². The van der Waals surface area contributed by atoms with E-state index in [4.69, 9.17) is 4.74 Å². The number of hydrogen-bond acceptors (Lipinski definition) is 3. The van der Waals surface area contributed by atoms with E-state index in [0.29, 0.717) is 5.92 Å². The maximum atomic E-state index is 11.3. The van der Waals surface area contributed by atoms with E-state index in [1.165, 1.54) is 7.11 Å². The summed E-state index contributed by atoms with van der Waals surface area (Å²) in [5, 5.41) is 0. The predicted octanol–water partition coefficient (Wildman–Crippen LogP) is 1.28. The van der Waals surface area contributed by atoms with E-state index in [2.05, 4.69) is 18.7 Å². The monoisotopic (exact) mass is 185 g/mol. The molecule has 1 aliphatic rings. The highest BCUT2D eigenvalue weighted by molar-refractivity contribution is 5.75. The molecular formula is C10H19NO2. The quantitative estimate of drug-likeness (QED) is 0.620. The predicted molar refractivity (Wildman–Crippen MR) is 51.4 cm³/mol. The standard InChI is InChI=1S/C10H19NO2/c1-8(2)7-11-6-4-5-9(11)10(12)13-3/h8-9H,4-7H2,1-3H3. The minimum absolute atomic E-state index is 0.0207. The first-order chi connectivity index (χ1) is 6.15. The molecular weight excluding hydrogens is 166 g/mol. The van der Waals surface area contributed by atoms with Gasteiger partial charge < -0.3 is 4.74 Å². The van der Waals surface area contributed by atoms with Gasteiger partial charge in [-0.25, -0.2) is 0 Å². The highest BCUT2D eigenvalue weighted by atomic mass is 16.5. The lowest BCUT2D eigenvalue weighted by Crippen LogP contribution is -2.38. The van der Waals surface area contributed by atoms with Crippen LogP contribution in [0.1, 0.15) is 26.7 Å². The van der Waals surface area contributed by atoms with Gasteiger partial charge in [0.1, 0.15) is 6.04 Å². The van der Waals surface area contributed by atoms with Gasteiger partial charge in [0.2, 0.25) is 0 Å². The van der Waals surface area contributed by atoms with E-state index in [1.54, 1.807) is 0 Å². The van der Waals surface area contributed by atoms with Gasteiger partial charge in [-0.05, 0) is 25.3 Å². The van der Waals surface area contributed by atoms with Crippen LogP contribution in [0.3, 0.4) is 0 Å². The number of carbonyl (C=O) groups excluding carboxylic acids is 1. The fourth-order valence-corrected chi connectivity index (χ4v) is 1.92. The topological polar surface area (TPSA) is 29.5 Å². The summed E-state index contributed by atoms with van der Waals surface area (Å²) < 4.78 is 4.77. The number of carbonyl (C=O) groups is 1. The third-order valence-electron chi connectivity index (χ3n) is 2.44. The van der Waals surface area contributed by atoms with Gasteiger partial charge >= 0.3 is 5.97 Å². The van der Waals surface area contributed by atoms with Crippen molar-refractivity contribution in [2.75, 3.05) is 20.2 Å². The van der Waals surface area contributed by atoms with Crippen LogP contribution >= 0.6 is 0 Å². The zero-order valence-corrected chi connectivity index (χ0v) is 8.75. The molecule has 1 fully saturated rings. The number of esters is 1. The summed E-state index contributed by atoms with van der Waals surface area (Å²) in [6.07, 6.45) is 2.08. The van der Waals surface area contributed by atoms with Crippen LogP contribution in [-0.2, 0) is 9.53 Å². The Bertz CT molecular complexity index is 180. The fraction of sp³-hybridized carbons (Fsp3) is 0.900. The molecule has 0 bridgehead atoms. The van der Waals surface area contributed by atoms with Gasteiger partial charge in [-0.3, -0.25) is 9.69 Å². The molecule has 0 N–H and O–H groups in total. The summed E-state index contributed by atoms with van der Waals surface area (Å²) in [7, 11) is 1.47. The number of hydrogen-bond donors (Lipinski definition) is 0. The molecule has 0 amide bonds. The second-order valence-electron chi connectivity index (χ2n) is 4.07. The van der Waals surface area contributed by atoms with Crippen molar-refractivity contribution in [2.45, 2.75) is 32.7 Å². The molecule has 76 valence electrons. The SMILES string of the molecule is COC(=O)C1CCCN1CC(C)C. The Hall–Kier alpha value is -0.570. The lowest BCUT2D eigenvalue weighted by atomic mass is 10.2. The fourth-order valence-electron chi connectivity index (χ4n) is 1.92. The molecule has 13 heavy (non-hydrogen) atoms. The molecule has 0 aliphatic carbocycles. The number of ether oxygens (including phenoxy) is 1. The Morgan fingerprint density at radius 2 is 2.31 bits per heavy atom. The lowest BCUT2D eigenvalue weighted by Gasteiger charge is -2.23. The molecule has 3 nitrogen and oxygen atoms in total. The van der Waals surface area contributed by atoms with Gasteiger partial charge in [0.25, 0.3) is 0 Å². The van der Waals surface area contributed by atoms with E-state index in [9.17, 15) is 4.79 Å². The van der Waals surface area contributed by atoms with Crippen LogP contribution in [0.2, 0.25) is 0 Å². The van der Waals surface area contributed by atoms with E-state index in [0.717, 1.165) is 25.9 Å². The Morgan fingerprint density at radius 1 is 1.62 bits per heavy atom. The van der Waals surface area contributed by atoms with Gasteiger partial charge in [-0.15, -0.1) is 0 Å². The summed E-state index contributed by atoms with van der Waals surface area (Å²) in [5.74, 6) is 0.545. The highest BCUT2D eigenvalue weighted by Gasteiger charge is 2.31. The maximum absolute atomic E-state index is 11.3. The number of methoxy groups -OCH3 is 1. The Kier molecular flexibility index (Phi) is 3.72. The van der Waals surface area contributed by atoms with Crippen molar-refractivity contribution in [3.05, 3.63) is 0 Å². The molecule has 0 aromatic rings. The molecule has 1 unspecified atom stereocenters. The normalized spacial score (nSPS) is 23.8. The largest absolute Gasteiger partial charge is 0.468 e. The summed E-state index contributed by atoms with van der Waals surface area (Å²) in [6, 6.07) is 0.0207. The smallest absolute Gasteiger partial charge is 0.323 e. The third kappa shape index (κ3) is 2.69. The van der Waals surface area contributed by atoms with Crippen LogP contribution in [0.5, 0.6) is 0 Å². The Balaban J connectivity index is 2.48. The van der Waals surface area contributed by atoms with Crippen LogP contribution in [0, 0.1) is 5.92 Å². The molecule has 0 spiro atoms. The average Bonchev–Trinajstić information content (AvgIpc) is 2.50. The van der Waals surface area contributed by atoms with Crippen molar-refractivity contribution in [1.29, 1.82) is 0 Å². The molecule has 1 rings (SSSR count). The highest BCUT2D eigenvalue weighted by Crippen LogP contribution is 2.19. The molecule has 1 heterocycles. The zero-order chi connectivity index (χ0) is 9.84. The third-order valence-corrected chi connectivity index (χ3v) is 2.44. The van der Waals surface area contributed by atoms with E-state index < -0.39 is 0 Å². The summed E-state index contributed by atoms with van der Waals surface area (Å²) in [6.45, 7) is 6.39. The van der Waals surface area contributed by atoms with Crippen molar-refractivity contribution >= 4 is 5.97 Å². The number of likely N-dealkylation sites (tertiary alicyclic amines) is 1. The molecule has 1 saturated heterocycles. The second kappa shape index (κ2) is 4.61. The molecule has 0 aromatic carbocycles. The van der Waals surface area contributed by atoms with Crippen molar-refractivity contribution < 1.29 is 9.53 Å². The van der Waals surface area contributed by atoms with Gasteiger partial charge in [-0.2, -0.15) is 0 Å². The minimum Gasteiger partial charge on any atom is -0.468 e. The van der Waals surface area contributed by atoms with E-state index in [1.807, 2.05) is 0 Å². The number of nitrogens with zero attached hydrogens (tertiary/aromatic N) is 1. The first kappa shape index (κ1) is 10.5. The zero-order valence-electron chi connectivity index (χ0n) is 8.75. The molecule has 0 radical (unpaired) electrons. The second-order valence-corrected chi connectivity index (χ2v) is 4.07. The van der Waals surface area contributed by atoms with E-state index >= 15 is 0 Å². The van der Waals surface area contributed by atoms with Crippen LogP contribution in [0.4, 0.5) is 0 Å². The Morgan fingerprint density at radius 3 is 2.85 bits per heavy atom. The van der Waals surface area contributed by atoms with Gasteiger partial charge in [0.15, 0.2) is 0 Å². The van der Waals surface area contributed by atoms with Crippen LogP contribution in [0.15, 0.2) is 0 Å². The van der Waals surface area contributed by atoms with Gasteiger partial charge in [-0.1, -0.05) is 13.8 Å². The summed E-state index contributed by atoms with van der Waals surface area (Å²) in [5.41, 5.74) is 0. The molecule has 0 aromatic heterocycles. The molecule has 1 atom stereocenters. The lowest BCUT2D eigenvalue weighted by molar-refractivity contribution is -0.145. The minimum atomic E-state index is -0.0712. The average molecular weight is 185 g/mol. The number of rotatable bonds is 3. The van der Waals surface area contributed by atoms with Crippen LogP contribution in [-0.4, -0.2) is 37.1 Å².